The van der Waals surface area contributed by atoms with Crippen LogP contribution in [-0.4, -0.2) is 52.0 Å². The predicted octanol–water partition coefficient (Wildman–Crippen LogP) is 4.67. The first-order chi connectivity index (χ1) is 15.0. The Kier molecular flexibility index (Phi) is 6.55. The first-order valence-electron chi connectivity index (χ1n) is 11.2. The van der Waals surface area contributed by atoms with Gasteiger partial charge in [-0.15, -0.1) is 11.3 Å². The van der Waals surface area contributed by atoms with Crippen LogP contribution >= 0.6 is 11.3 Å². The van der Waals surface area contributed by atoms with E-state index in [0.29, 0.717) is 23.2 Å². The van der Waals surface area contributed by atoms with E-state index < -0.39 is 5.97 Å². The van der Waals surface area contributed by atoms with Crippen LogP contribution in [0, 0.1) is 6.92 Å². The largest absolute Gasteiger partial charge is 0.461 e. The maximum Gasteiger partial charge on any atom is 0.367 e. The normalized spacial score (nSPS) is 19.1. The molecule has 1 atom stereocenters. The fourth-order valence-electron chi connectivity index (χ4n) is 4.45. The Bertz CT molecular complexity index is 968. The van der Waals surface area contributed by atoms with E-state index >= 15 is 0 Å². The molecule has 1 N–H and O–H groups in total. The Morgan fingerprint density at radius 1 is 1.26 bits per heavy atom. The third kappa shape index (κ3) is 4.59. The molecule has 8 heteroatoms. The number of pyridine rings is 1. The minimum Gasteiger partial charge on any atom is -0.461 e. The van der Waals surface area contributed by atoms with Gasteiger partial charge in [0.2, 0.25) is 5.01 Å². The molecule has 4 rings (SSSR count). The number of nitrogens with zero attached hydrogens (tertiary/aromatic N) is 3. The molecule has 2 aromatic rings. The molecular weight excluding hydrogens is 412 g/mol. The van der Waals surface area contributed by atoms with Gasteiger partial charge in [0.15, 0.2) is 0 Å². The minimum atomic E-state index is -0.493. The van der Waals surface area contributed by atoms with Gasteiger partial charge in [0, 0.05) is 30.4 Å². The van der Waals surface area contributed by atoms with Gasteiger partial charge < -0.3 is 15.0 Å². The van der Waals surface area contributed by atoms with Gasteiger partial charge in [-0.05, 0) is 58.1 Å². The van der Waals surface area contributed by atoms with Gasteiger partial charge in [-0.3, -0.25) is 4.79 Å². The molecule has 1 saturated carbocycles. The number of aromatic nitrogens is 2. The molecule has 2 aromatic heterocycles. The molecule has 31 heavy (non-hydrogen) atoms. The molecule has 7 nitrogen and oxygen atoms in total. The molecule has 1 aliphatic heterocycles. The van der Waals surface area contributed by atoms with Crippen molar-refractivity contribution in [2.24, 2.45) is 0 Å². The highest BCUT2D eigenvalue weighted by Gasteiger charge is 2.32. The van der Waals surface area contributed by atoms with Gasteiger partial charge in [0.05, 0.1) is 11.5 Å². The third-order valence-corrected chi connectivity index (χ3v) is 7.22. The summed E-state index contributed by atoms with van der Waals surface area (Å²) in [6.07, 6.45) is 8.62. The topological polar surface area (TPSA) is 84.4 Å². The Hall–Kier alpha value is -2.48. The number of hydrogen-bond acceptors (Lipinski definition) is 7. The zero-order valence-corrected chi connectivity index (χ0v) is 19.3. The van der Waals surface area contributed by atoms with Gasteiger partial charge in [-0.1, -0.05) is 12.8 Å². The second-order valence-electron chi connectivity index (χ2n) is 8.42. The van der Waals surface area contributed by atoms with Crippen molar-refractivity contribution in [1.82, 2.24) is 14.9 Å². The standard InChI is InChI=1S/C23H30N4O3S/c1-4-30-23(29)21-26-19(22(28)27-11-7-8-15(27)3)20(31-21)17-13-24-18(12-14(17)2)25-16-9-5-6-10-16/h12-13,15-16H,4-11H2,1-3H3,(H,24,25)/t15-/m0/s1. The highest BCUT2D eigenvalue weighted by molar-refractivity contribution is 7.17. The van der Waals surface area contributed by atoms with Crippen LogP contribution in [0.2, 0.25) is 0 Å². The molecular formula is C23H30N4O3S. The quantitative estimate of drug-likeness (QED) is 0.655. The molecule has 1 aliphatic carbocycles. The van der Waals surface area contributed by atoms with Crippen molar-refractivity contribution in [2.75, 3.05) is 18.5 Å². The predicted molar refractivity (Wildman–Crippen MR) is 122 cm³/mol. The smallest absolute Gasteiger partial charge is 0.367 e. The monoisotopic (exact) mass is 442 g/mol. The van der Waals surface area contributed by atoms with E-state index in [0.717, 1.165) is 29.8 Å². The minimum absolute atomic E-state index is 0.126. The number of hydrogen-bond donors (Lipinski definition) is 1. The lowest BCUT2D eigenvalue weighted by Gasteiger charge is -2.21. The van der Waals surface area contributed by atoms with Crippen molar-refractivity contribution in [2.45, 2.75) is 71.4 Å². The number of thiazole rings is 1. The number of nitrogens with one attached hydrogen (secondary N) is 1. The van der Waals surface area contributed by atoms with E-state index in [4.69, 9.17) is 4.74 Å². The van der Waals surface area contributed by atoms with Crippen molar-refractivity contribution < 1.29 is 14.3 Å². The average molecular weight is 443 g/mol. The second-order valence-corrected chi connectivity index (χ2v) is 9.42. The number of ether oxygens (including phenoxy) is 1. The van der Waals surface area contributed by atoms with Gasteiger partial charge in [0.1, 0.15) is 11.5 Å². The number of carbonyl (C=O) groups excluding carboxylic acids is 2. The molecule has 0 unspecified atom stereocenters. The maximum absolute atomic E-state index is 13.3. The first-order valence-corrected chi connectivity index (χ1v) is 12.0. The molecule has 0 bridgehead atoms. The Morgan fingerprint density at radius 3 is 2.68 bits per heavy atom. The van der Waals surface area contributed by atoms with Crippen LogP contribution in [0.3, 0.4) is 0 Å². The number of esters is 1. The van der Waals surface area contributed by atoms with Crippen LogP contribution in [-0.2, 0) is 4.74 Å². The highest BCUT2D eigenvalue weighted by atomic mass is 32.1. The van der Waals surface area contributed by atoms with Crippen molar-refractivity contribution in [1.29, 1.82) is 0 Å². The summed E-state index contributed by atoms with van der Waals surface area (Å²) in [5, 5.41) is 3.72. The van der Waals surface area contributed by atoms with Crippen LogP contribution in [0.15, 0.2) is 12.3 Å². The van der Waals surface area contributed by atoms with Crippen LogP contribution in [0.5, 0.6) is 0 Å². The van der Waals surface area contributed by atoms with Gasteiger partial charge in [0.25, 0.3) is 5.91 Å². The lowest BCUT2D eigenvalue weighted by molar-refractivity contribution is 0.0526. The first kappa shape index (κ1) is 21.7. The fourth-order valence-corrected chi connectivity index (χ4v) is 5.48. The second kappa shape index (κ2) is 9.34. The van der Waals surface area contributed by atoms with E-state index in [2.05, 4.69) is 22.2 Å². The molecule has 0 spiro atoms. The number of anilines is 1. The van der Waals surface area contributed by atoms with Crippen molar-refractivity contribution in [3.8, 4) is 10.4 Å². The Balaban J connectivity index is 1.68. The molecule has 2 fully saturated rings. The molecule has 3 heterocycles. The fraction of sp³-hybridized carbons (Fsp3) is 0.565. The third-order valence-electron chi connectivity index (χ3n) is 6.16. The summed E-state index contributed by atoms with van der Waals surface area (Å²) >= 11 is 1.21. The van der Waals surface area contributed by atoms with Crippen molar-refractivity contribution in [3.63, 3.8) is 0 Å². The summed E-state index contributed by atoms with van der Waals surface area (Å²) in [5.74, 6) is 0.232. The SMILES string of the molecule is CCOC(=O)c1nc(C(=O)N2CCC[C@@H]2C)c(-c2cnc(NC3CCCC3)cc2C)s1. The highest BCUT2D eigenvalue weighted by Crippen LogP contribution is 2.35. The van der Waals surface area contributed by atoms with Crippen LogP contribution < -0.4 is 5.32 Å². The average Bonchev–Trinajstić information content (AvgIpc) is 3.49. The summed E-state index contributed by atoms with van der Waals surface area (Å²) in [7, 11) is 0. The van der Waals surface area contributed by atoms with Gasteiger partial charge >= 0.3 is 5.97 Å². The number of aryl methyl sites for hydroxylation is 1. The zero-order chi connectivity index (χ0) is 22.0. The molecule has 2 aliphatic rings. The van der Waals surface area contributed by atoms with Gasteiger partial charge in [-0.25, -0.2) is 14.8 Å². The van der Waals surface area contributed by atoms with E-state index in [1.807, 2.05) is 17.9 Å². The Labute approximate surface area is 187 Å². The number of carbonyl (C=O) groups is 2. The molecule has 1 saturated heterocycles. The molecule has 166 valence electrons. The zero-order valence-electron chi connectivity index (χ0n) is 18.4. The maximum atomic E-state index is 13.3. The number of amides is 1. The van der Waals surface area contributed by atoms with Crippen molar-refractivity contribution >= 4 is 29.0 Å². The van der Waals surface area contributed by atoms with Crippen LogP contribution in [0.4, 0.5) is 5.82 Å². The summed E-state index contributed by atoms with van der Waals surface area (Å²) in [6, 6.07) is 2.67. The lowest BCUT2D eigenvalue weighted by Crippen LogP contribution is -2.34. The summed E-state index contributed by atoms with van der Waals surface area (Å²) in [4.78, 5) is 37.3. The van der Waals surface area contributed by atoms with E-state index in [9.17, 15) is 9.59 Å². The summed E-state index contributed by atoms with van der Waals surface area (Å²) < 4.78 is 5.14. The summed E-state index contributed by atoms with van der Waals surface area (Å²) in [5.41, 5.74) is 2.15. The Morgan fingerprint density at radius 2 is 2.03 bits per heavy atom. The van der Waals surface area contributed by atoms with E-state index in [-0.39, 0.29) is 23.6 Å². The number of likely N-dealkylation sites (tertiary alicyclic amines) is 1. The van der Waals surface area contributed by atoms with E-state index in [1.54, 1.807) is 13.1 Å². The van der Waals surface area contributed by atoms with Gasteiger partial charge in [-0.2, -0.15) is 0 Å². The molecule has 0 aromatic carbocycles. The number of rotatable bonds is 6. The molecule has 0 radical (unpaired) electrons. The van der Waals surface area contributed by atoms with Crippen LogP contribution in [0.25, 0.3) is 10.4 Å². The van der Waals surface area contributed by atoms with E-state index in [1.165, 1.54) is 37.0 Å². The van der Waals surface area contributed by atoms with Crippen molar-refractivity contribution in [3.05, 3.63) is 28.5 Å². The lowest BCUT2D eigenvalue weighted by atomic mass is 10.1. The summed E-state index contributed by atoms with van der Waals surface area (Å²) in [6.45, 7) is 6.80. The van der Waals surface area contributed by atoms with Crippen LogP contribution in [0.1, 0.15) is 78.2 Å². The molecule has 1 amide bonds.